The van der Waals surface area contributed by atoms with Crippen molar-refractivity contribution >= 4 is 28.6 Å². The van der Waals surface area contributed by atoms with E-state index in [1.165, 1.54) is 5.69 Å². The quantitative estimate of drug-likeness (QED) is 0.483. The molecule has 168 valence electrons. The molecule has 3 heterocycles. The minimum absolute atomic E-state index is 0.143. The summed E-state index contributed by atoms with van der Waals surface area (Å²) >= 11 is 1.57. The van der Waals surface area contributed by atoms with Crippen LogP contribution in [0, 0.1) is 6.92 Å². The van der Waals surface area contributed by atoms with Gasteiger partial charge in [0.05, 0.1) is 10.6 Å². The molecule has 5 rings (SSSR count). The van der Waals surface area contributed by atoms with Gasteiger partial charge in [-0.15, -0.1) is 16.4 Å². The van der Waals surface area contributed by atoms with Gasteiger partial charge in [-0.2, -0.15) is 0 Å². The number of anilines is 2. The number of carbonyl (C=O) groups is 1. The van der Waals surface area contributed by atoms with E-state index in [2.05, 4.69) is 44.4 Å². The molecule has 1 N–H and O–H groups in total. The number of nitrogens with zero attached hydrogens (tertiary/aromatic N) is 5. The van der Waals surface area contributed by atoms with E-state index in [1.807, 2.05) is 60.8 Å². The Bertz CT molecular complexity index is 1240. The number of piperazine rings is 1. The molecule has 7 nitrogen and oxygen atoms in total. The smallest absolute Gasteiger partial charge is 0.295 e. The molecule has 0 atom stereocenters. The first-order valence-corrected chi connectivity index (χ1v) is 11.9. The van der Waals surface area contributed by atoms with Crippen LogP contribution in [0.3, 0.4) is 0 Å². The lowest BCUT2D eigenvalue weighted by molar-refractivity contribution is 0.101. The number of amides is 1. The maximum Gasteiger partial charge on any atom is 0.295 e. The van der Waals surface area contributed by atoms with E-state index < -0.39 is 0 Å². The van der Waals surface area contributed by atoms with Crippen LogP contribution in [0.5, 0.6) is 0 Å². The van der Waals surface area contributed by atoms with Crippen molar-refractivity contribution in [2.75, 3.05) is 43.4 Å². The van der Waals surface area contributed by atoms with E-state index in [1.54, 1.807) is 16.0 Å². The van der Waals surface area contributed by atoms with Crippen molar-refractivity contribution in [3.05, 3.63) is 77.4 Å². The maximum absolute atomic E-state index is 13.1. The van der Waals surface area contributed by atoms with Crippen molar-refractivity contribution in [3.8, 4) is 16.4 Å². The first-order valence-electron chi connectivity index (χ1n) is 11.0. The molecule has 1 aliphatic rings. The number of nitrogens with one attached hydrogen (secondary N) is 1. The standard InChI is InChI=1S/C25H26N6OS/c1-18-17-20(30-14-12-29(2)13-15-30)10-11-21(18)26-25(32)23-27-24(22-9-6-16-33-22)31(28-23)19-7-4-3-5-8-19/h3-11,16-17H,12-15H2,1-2H3,(H,26,32). The van der Waals surface area contributed by atoms with Crippen LogP contribution in [0.25, 0.3) is 16.4 Å². The van der Waals surface area contributed by atoms with E-state index in [9.17, 15) is 4.79 Å². The van der Waals surface area contributed by atoms with Gasteiger partial charge in [-0.3, -0.25) is 4.79 Å². The van der Waals surface area contributed by atoms with Crippen molar-refractivity contribution in [3.63, 3.8) is 0 Å². The minimum Gasteiger partial charge on any atom is -0.369 e. The number of carbonyl (C=O) groups excluding carboxylic acids is 1. The predicted octanol–water partition coefficient (Wildman–Crippen LogP) is 4.31. The Morgan fingerprint density at radius 1 is 0.970 bits per heavy atom. The van der Waals surface area contributed by atoms with Gasteiger partial charge in [-0.25, -0.2) is 9.67 Å². The summed E-state index contributed by atoms with van der Waals surface area (Å²) in [7, 11) is 2.15. The zero-order chi connectivity index (χ0) is 22.8. The molecule has 0 bridgehead atoms. The van der Waals surface area contributed by atoms with Gasteiger partial charge in [-0.1, -0.05) is 24.3 Å². The molecule has 0 spiro atoms. The molecule has 0 radical (unpaired) electrons. The summed E-state index contributed by atoms with van der Waals surface area (Å²) < 4.78 is 1.73. The average molecular weight is 459 g/mol. The summed E-state index contributed by atoms with van der Waals surface area (Å²) in [5, 5.41) is 9.54. The number of hydrogen-bond donors (Lipinski definition) is 1. The second kappa shape index (κ2) is 9.17. The molecule has 1 aliphatic heterocycles. The molecular formula is C25H26N6OS. The van der Waals surface area contributed by atoms with Gasteiger partial charge < -0.3 is 15.1 Å². The van der Waals surface area contributed by atoms with E-state index in [-0.39, 0.29) is 11.7 Å². The lowest BCUT2D eigenvalue weighted by Gasteiger charge is -2.34. The Labute approximate surface area is 197 Å². The highest BCUT2D eigenvalue weighted by molar-refractivity contribution is 7.13. The Balaban J connectivity index is 1.39. The van der Waals surface area contributed by atoms with E-state index in [4.69, 9.17) is 0 Å². The minimum atomic E-state index is -0.321. The number of benzene rings is 2. The summed E-state index contributed by atoms with van der Waals surface area (Å²) in [4.78, 5) is 23.4. The van der Waals surface area contributed by atoms with E-state index in [0.717, 1.165) is 48.0 Å². The summed E-state index contributed by atoms with van der Waals surface area (Å²) in [6, 6.07) is 19.9. The summed E-state index contributed by atoms with van der Waals surface area (Å²) in [6.45, 7) is 6.14. The number of hydrogen-bond acceptors (Lipinski definition) is 6. The SMILES string of the molecule is Cc1cc(N2CCN(C)CC2)ccc1NC(=O)c1nc(-c2cccs2)n(-c2ccccc2)n1. The van der Waals surface area contributed by atoms with Crippen LogP contribution < -0.4 is 10.2 Å². The zero-order valence-electron chi connectivity index (χ0n) is 18.7. The molecule has 0 saturated carbocycles. The monoisotopic (exact) mass is 458 g/mol. The normalized spacial score (nSPS) is 14.4. The fraction of sp³-hybridized carbons (Fsp3) is 0.240. The van der Waals surface area contributed by atoms with Gasteiger partial charge in [0.25, 0.3) is 5.91 Å². The lowest BCUT2D eigenvalue weighted by atomic mass is 10.1. The Morgan fingerprint density at radius 2 is 1.76 bits per heavy atom. The Kier molecular flexibility index (Phi) is 5.93. The number of aryl methyl sites for hydroxylation is 1. The van der Waals surface area contributed by atoms with Crippen LogP contribution in [-0.4, -0.2) is 58.8 Å². The first-order chi connectivity index (χ1) is 16.1. The highest BCUT2D eigenvalue weighted by Crippen LogP contribution is 2.27. The summed E-state index contributed by atoms with van der Waals surface area (Å²) in [6.07, 6.45) is 0. The number of rotatable bonds is 5. The number of likely N-dealkylation sites (N-methyl/N-ethyl adjacent to an activating group) is 1. The van der Waals surface area contributed by atoms with Crippen molar-refractivity contribution in [1.29, 1.82) is 0 Å². The van der Waals surface area contributed by atoms with Gasteiger partial charge in [0.15, 0.2) is 5.82 Å². The molecule has 2 aromatic carbocycles. The van der Waals surface area contributed by atoms with Crippen molar-refractivity contribution in [2.24, 2.45) is 0 Å². The second-order valence-corrected chi connectivity index (χ2v) is 9.18. The van der Waals surface area contributed by atoms with Gasteiger partial charge >= 0.3 is 0 Å². The van der Waals surface area contributed by atoms with Crippen LogP contribution >= 0.6 is 11.3 Å². The predicted molar refractivity (Wildman–Crippen MR) is 134 cm³/mol. The number of thiophene rings is 1. The maximum atomic E-state index is 13.1. The van der Waals surface area contributed by atoms with Gasteiger partial charge in [0.1, 0.15) is 0 Å². The van der Waals surface area contributed by atoms with Crippen molar-refractivity contribution in [2.45, 2.75) is 6.92 Å². The van der Waals surface area contributed by atoms with E-state index >= 15 is 0 Å². The van der Waals surface area contributed by atoms with E-state index in [0.29, 0.717) is 5.82 Å². The molecule has 2 aromatic heterocycles. The molecule has 8 heteroatoms. The van der Waals surface area contributed by atoms with Crippen LogP contribution in [-0.2, 0) is 0 Å². The third-order valence-electron chi connectivity index (χ3n) is 5.88. The van der Waals surface area contributed by atoms with Crippen LogP contribution in [0.15, 0.2) is 66.0 Å². The largest absolute Gasteiger partial charge is 0.369 e. The summed E-state index contributed by atoms with van der Waals surface area (Å²) in [5.41, 5.74) is 3.83. The molecule has 0 unspecified atom stereocenters. The fourth-order valence-corrected chi connectivity index (χ4v) is 4.65. The average Bonchev–Trinajstić information content (AvgIpc) is 3.52. The van der Waals surface area contributed by atoms with Crippen LogP contribution in [0.2, 0.25) is 0 Å². The first kappa shape index (κ1) is 21.4. The third kappa shape index (κ3) is 4.53. The fourth-order valence-electron chi connectivity index (χ4n) is 3.95. The van der Waals surface area contributed by atoms with Gasteiger partial charge in [0, 0.05) is 37.6 Å². The molecule has 33 heavy (non-hydrogen) atoms. The van der Waals surface area contributed by atoms with Crippen LogP contribution in [0.1, 0.15) is 16.2 Å². The molecule has 1 amide bonds. The topological polar surface area (TPSA) is 66.3 Å². The van der Waals surface area contributed by atoms with Gasteiger partial charge in [0.2, 0.25) is 5.82 Å². The molecule has 0 aliphatic carbocycles. The van der Waals surface area contributed by atoms with Crippen LogP contribution in [0.4, 0.5) is 11.4 Å². The zero-order valence-corrected chi connectivity index (χ0v) is 19.5. The summed E-state index contributed by atoms with van der Waals surface area (Å²) in [5.74, 6) is 0.478. The molecule has 1 fully saturated rings. The Hall–Kier alpha value is -3.49. The molecule has 1 saturated heterocycles. The third-order valence-corrected chi connectivity index (χ3v) is 6.74. The van der Waals surface area contributed by atoms with Crippen molar-refractivity contribution < 1.29 is 4.79 Å². The van der Waals surface area contributed by atoms with Crippen molar-refractivity contribution in [1.82, 2.24) is 19.7 Å². The lowest BCUT2D eigenvalue weighted by Crippen LogP contribution is -2.44. The molecule has 4 aromatic rings. The highest BCUT2D eigenvalue weighted by atomic mass is 32.1. The number of aromatic nitrogens is 3. The number of para-hydroxylation sites is 1. The highest BCUT2D eigenvalue weighted by Gasteiger charge is 2.20. The second-order valence-electron chi connectivity index (χ2n) is 8.23. The Morgan fingerprint density at radius 3 is 2.45 bits per heavy atom. The molecular weight excluding hydrogens is 432 g/mol. The van der Waals surface area contributed by atoms with Gasteiger partial charge in [-0.05, 0) is 61.3 Å².